The molecular weight excluding hydrogens is 296 g/mol. The first kappa shape index (κ1) is 16.7. The third-order valence-corrected chi connectivity index (χ3v) is 4.52. The van der Waals surface area contributed by atoms with Gasteiger partial charge in [0.2, 0.25) is 0 Å². The normalized spacial score (nSPS) is 13.4. The Labute approximate surface area is 135 Å². The van der Waals surface area contributed by atoms with Crippen molar-refractivity contribution in [3.63, 3.8) is 0 Å². The van der Waals surface area contributed by atoms with E-state index in [0.29, 0.717) is 11.5 Å². The van der Waals surface area contributed by atoms with Crippen LogP contribution >= 0.6 is 11.3 Å². The van der Waals surface area contributed by atoms with Gasteiger partial charge in [-0.3, -0.25) is 9.48 Å². The molecule has 0 aliphatic rings. The predicted molar refractivity (Wildman–Crippen MR) is 89.3 cm³/mol. The van der Waals surface area contributed by atoms with Crippen molar-refractivity contribution in [3.8, 4) is 0 Å². The minimum absolute atomic E-state index is 0.116. The van der Waals surface area contributed by atoms with E-state index < -0.39 is 0 Å². The molecule has 1 amide bonds. The van der Waals surface area contributed by atoms with Gasteiger partial charge >= 0.3 is 0 Å². The van der Waals surface area contributed by atoms with Crippen molar-refractivity contribution in [1.82, 2.24) is 20.1 Å². The number of aromatic nitrogens is 3. The largest absolute Gasteiger partial charge is 0.344 e. The lowest BCUT2D eigenvalue weighted by atomic mass is 10.1. The first-order valence-electron chi connectivity index (χ1n) is 7.50. The number of hydrogen-bond acceptors (Lipinski definition) is 4. The van der Waals surface area contributed by atoms with Crippen LogP contribution < -0.4 is 5.32 Å². The predicted octanol–water partition coefficient (Wildman–Crippen LogP) is 3.71. The summed E-state index contributed by atoms with van der Waals surface area (Å²) < 4.78 is 1.80. The van der Waals surface area contributed by atoms with Gasteiger partial charge in [0.1, 0.15) is 0 Å². The molecule has 2 aromatic heterocycles. The van der Waals surface area contributed by atoms with Crippen LogP contribution in [0.3, 0.4) is 0 Å². The Morgan fingerprint density at radius 3 is 2.50 bits per heavy atom. The van der Waals surface area contributed by atoms with E-state index in [1.807, 2.05) is 33.1 Å². The lowest BCUT2D eigenvalue weighted by Gasteiger charge is -2.18. The van der Waals surface area contributed by atoms with E-state index in [-0.39, 0.29) is 17.5 Å². The van der Waals surface area contributed by atoms with E-state index in [0.717, 1.165) is 10.7 Å². The first-order chi connectivity index (χ1) is 10.2. The van der Waals surface area contributed by atoms with Gasteiger partial charge in [-0.1, -0.05) is 13.8 Å². The highest BCUT2D eigenvalue weighted by Crippen LogP contribution is 2.23. The summed E-state index contributed by atoms with van der Waals surface area (Å²) in [5.41, 5.74) is 1.34. The summed E-state index contributed by atoms with van der Waals surface area (Å²) in [7, 11) is 0. The van der Waals surface area contributed by atoms with Crippen molar-refractivity contribution in [2.24, 2.45) is 0 Å². The molecule has 2 rings (SSSR count). The molecule has 2 aromatic rings. The molecule has 1 N–H and O–H groups in total. The summed E-state index contributed by atoms with van der Waals surface area (Å²) >= 11 is 1.64. The van der Waals surface area contributed by atoms with E-state index in [9.17, 15) is 4.79 Å². The molecule has 0 radical (unpaired) electrons. The number of nitrogens with zero attached hydrogens (tertiary/aromatic N) is 3. The summed E-state index contributed by atoms with van der Waals surface area (Å²) in [6.45, 7) is 12.3. The Hall–Kier alpha value is -1.69. The van der Waals surface area contributed by atoms with Crippen LogP contribution in [0.1, 0.15) is 74.6 Å². The quantitative estimate of drug-likeness (QED) is 0.934. The summed E-state index contributed by atoms with van der Waals surface area (Å²) in [5, 5.41) is 10.3. The fourth-order valence-electron chi connectivity index (χ4n) is 1.93. The zero-order valence-corrected chi connectivity index (χ0v) is 14.9. The average molecular weight is 320 g/mol. The van der Waals surface area contributed by atoms with Crippen molar-refractivity contribution in [2.75, 3.05) is 0 Å². The van der Waals surface area contributed by atoms with Crippen LogP contribution in [0.2, 0.25) is 0 Å². The molecule has 22 heavy (non-hydrogen) atoms. The maximum absolute atomic E-state index is 12.3. The van der Waals surface area contributed by atoms with E-state index in [4.69, 9.17) is 0 Å². The molecule has 0 saturated heterocycles. The number of carbonyl (C=O) groups excluding carboxylic acids is 1. The molecule has 0 spiro atoms. The van der Waals surface area contributed by atoms with Crippen molar-refractivity contribution >= 4 is 17.2 Å². The van der Waals surface area contributed by atoms with E-state index in [2.05, 4.69) is 29.2 Å². The molecule has 0 fully saturated rings. The number of rotatable bonds is 4. The minimum Gasteiger partial charge on any atom is -0.344 e. The Balaban J connectivity index is 2.06. The molecule has 2 heterocycles. The maximum atomic E-state index is 12.3. The third-order valence-electron chi connectivity index (χ3n) is 3.36. The van der Waals surface area contributed by atoms with Gasteiger partial charge in [0.05, 0.1) is 34.0 Å². The number of thiazole rings is 1. The van der Waals surface area contributed by atoms with Gasteiger partial charge < -0.3 is 5.32 Å². The zero-order chi connectivity index (χ0) is 16.5. The van der Waals surface area contributed by atoms with E-state index in [1.54, 1.807) is 28.4 Å². The molecule has 1 atom stereocenters. The van der Waals surface area contributed by atoms with Gasteiger partial charge in [-0.05, 0) is 27.7 Å². The highest BCUT2D eigenvalue weighted by Gasteiger charge is 2.19. The summed E-state index contributed by atoms with van der Waals surface area (Å²) in [6, 6.07) is -0.116. The van der Waals surface area contributed by atoms with Crippen molar-refractivity contribution in [1.29, 1.82) is 0 Å². The fourth-order valence-corrected chi connectivity index (χ4v) is 2.85. The second-order valence-corrected chi connectivity index (χ2v) is 7.69. The molecule has 6 heteroatoms. The molecule has 0 saturated carbocycles. The molecule has 0 aliphatic heterocycles. The van der Waals surface area contributed by atoms with Crippen LogP contribution in [-0.2, 0) is 5.54 Å². The highest BCUT2D eigenvalue weighted by molar-refractivity contribution is 7.09. The molecule has 5 nitrogen and oxygen atoms in total. The van der Waals surface area contributed by atoms with Crippen LogP contribution in [-0.4, -0.2) is 20.7 Å². The monoisotopic (exact) mass is 320 g/mol. The molecular formula is C16H24N4OS. The lowest BCUT2D eigenvalue weighted by Crippen LogP contribution is -2.27. The Morgan fingerprint density at radius 2 is 2.00 bits per heavy atom. The van der Waals surface area contributed by atoms with Gasteiger partial charge in [0, 0.05) is 17.5 Å². The van der Waals surface area contributed by atoms with Crippen LogP contribution in [0.4, 0.5) is 0 Å². The second-order valence-electron chi connectivity index (χ2n) is 6.80. The molecule has 0 aromatic carbocycles. The fraction of sp³-hybridized carbons (Fsp3) is 0.562. The van der Waals surface area contributed by atoms with Crippen molar-refractivity contribution < 1.29 is 4.79 Å². The molecule has 0 aliphatic carbocycles. The second kappa shape index (κ2) is 6.20. The van der Waals surface area contributed by atoms with Crippen molar-refractivity contribution in [2.45, 2.75) is 59.0 Å². The average Bonchev–Trinajstić information content (AvgIpc) is 3.07. The van der Waals surface area contributed by atoms with Crippen LogP contribution in [0.5, 0.6) is 0 Å². The zero-order valence-electron chi connectivity index (χ0n) is 14.0. The van der Waals surface area contributed by atoms with Gasteiger partial charge in [-0.2, -0.15) is 5.10 Å². The standard InChI is InChI=1S/C16H24N4OS/c1-10(2)15-19-13(9-22-15)11(3)18-14(21)12-7-17-20(8-12)16(4,5)6/h7-11H,1-6H3,(H,18,21)/t11-/m0/s1. The number of amides is 1. The Morgan fingerprint density at radius 1 is 1.32 bits per heavy atom. The van der Waals surface area contributed by atoms with Gasteiger partial charge in [-0.25, -0.2) is 4.98 Å². The van der Waals surface area contributed by atoms with E-state index >= 15 is 0 Å². The SMILES string of the molecule is CC(C)c1nc([C@H](C)NC(=O)c2cnn(C(C)(C)C)c2)cs1. The van der Waals surface area contributed by atoms with Crippen LogP contribution in [0.15, 0.2) is 17.8 Å². The van der Waals surface area contributed by atoms with Crippen LogP contribution in [0.25, 0.3) is 0 Å². The lowest BCUT2D eigenvalue weighted by molar-refractivity contribution is 0.0939. The Bertz CT molecular complexity index is 651. The first-order valence-corrected chi connectivity index (χ1v) is 8.37. The number of nitrogens with one attached hydrogen (secondary N) is 1. The third kappa shape index (κ3) is 3.74. The minimum atomic E-state index is -0.134. The molecule has 0 bridgehead atoms. The van der Waals surface area contributed by atoms with Gasteiger partial charge in [0.15, 0.2) is 0 Å². The molecule has 120 valence electrons. The summed E-state index contributed by atoms with van der Waals surface area (Å²) in [5.74, 6) is 0.286. The highest BCUT2D eigenvalue weighted by atomic mass is 32.1. The van der Waals surface area contributed by atoms with Gasteiger partial charge in [0.25, 0.3) is 5.91 Å². The van der Waals surface area contributed by atoms with E-state index in [1.165, 1.54) is 0 Å². The molecule has 0 unspecified atom stereocenters. The Kier molecular flexibility index (Phi) is 4.70. The van der Waals surface area contributed by atoms with Crippen molar-refractivity contribution in [3.05, 3.63) is 34.0 Å². The number of hydrogen-bond donors (Lipinski definition) is 1. The topological polar surface area (TPSA) is 59.8 Å². The smallest absolute Gasteiger partial charge is 0.254 e. The summed E-state index contributed by atoms with van der Waals surface area (Å²) in [4.78, 5) is 16.9. The van der Waals surface area contributed by atoms with Crippen LogP contribution in [0, 0.1) is 0 Å². The number of carbonyl (C=O) groups is 1. The summed E-state index contributed by atoms with van der Waals surface area (Å²) in [6.07, 6.45) is 3.39. The van der Waals surface area contributed by atoms with Gasteiger partial charge in [-0.15, -0.1) is 11.3 Å². The maximum Gasteiger partial charge on any atom is 0.254 e.